The molecule has 0 unspecified atom stereocenters. The Balaban J connectivity index is 2.11. The number of hydrogen-bond acceptors (Lipinski definition) is 3. The molecule has 124 valence electrons. The molecule has 0 spiro atoms. The van der Waals surface area contributed by atoms with Crippen LogP contribution in [0.3, 0.4) is 0 Å². The maximum absolute atomic E-state index is 12.1. The van der Waals surface area contributed by atoms with Gasteiger partial charge in [0, 0.05) is 26.1 Å². The monoisotopic (exact) mass is 318 g/mol. The number of nitrogens with one attached hydrogen (secondary N) is 1. The molecule has 1 amide bonds. The Morgan fingerprint density at radius 1 is 1.05 bits per heavy atom. The largest absolute Gasteiger partial charge is 0.356 e. The average Bonchev–Trinajstić information content (AvgIpc) is 2.49. The highest BCUT2D eigenvalue weighted by molar-refractivity contribution is 7.89. The van der Waals surface area contributed by atoms with Crippen LogP contribution in [0.1, 0.15) is 64.7 Å². The molecule has 0 atom stereocenters. The molecular weight excluding hydrogens is 288 g/mol. The summed E-state index contributed by atoms with van der Waals surface area (Å²) in [6.45, 7) is 4.20. The zero-order chi connectivity index (χ0) is 15.6. The van der Waals surface area contributed by atoms with E-state index >= 15 is 0 Å². The second-order valence-electron chi connectivity index (χ2n) is 5.79. The first-order valence-electron chi connectivity index (χ1n) is 8.31. The second kappa shape index (κ2) is 10.2. The second-order valence-corrected chi connectivity index (χ2v) is 7.88. The highest BCUT2D eigenvalue weighted by atomic mass is 32.2. The summed E-state index contributed by atoms with van der Waals surface area (Å²) in [5.74, 6) is 0.220. The first kappa shape index (κ1) is 18.4. The van der Waals surface area contributed by atoms with Gasteiger partial charge in [0.1, 0.15) is 0 Å². The van der Waals surface area contributed by atoms with Gasteiger partial charge in [-0.25, -0.2) is 12.7 Å². The minimum atomic E-state index is -3.10. The van der Waals surface area contributed by atoms with Crippen LogP contribution in [0, 0.1) is 0 Å². The van der Waals surface area contributed by atoms with E-state index in [1.54, 1.807) is 4.31 Å². The van der Waals surface area contributed by atoms with Gasteiger partial charge >= 0.3 is 0 Å². The Bertz CT molecular complexity index is 390. The topological polar surface area (TPSA) is 66.5 Å². The van der Waals surface area contributed by atoms with Crippen molar-refractivity contribution >= 4 is 15.9 Å². The van der Waals surface area contributed by atoms with E-state index in [9.17, 15) is 13.2 Å². The minimum Gasteiger partial charge on any atom is -0.356 e. The maximum Gasteiger partial charge on any atom is 0.219 e. The number of unbranched alkanes of at least 4 members (excludes halogenated alkanes) is 3. The number of hydrogen-bond donors (Lipinski definition) is 1. The third kappa shape index (κ3) is 7.81. The lowest BCUT2D eigenvalue weighted by atomic mass is 10.2. The fourth-order valence-electron chi connectivity index (χ4n) is 2.53. The Morgan fingerprint density at radius 3 is 2.43 bits per heavy atom. The molecule has 1 rings (SSSR count). The molecule has 0 aliphatic carbocycles. The molecule has 0 radical (unpaired) electrons. The summed E-state index contributed by atoms with van der Waals surface area (Å²) in [6.07, 6.45) is 8.02. The van der Waals surface area contributed by atoms with Crippen LogP contribution in [0.25, 0.3) is 0 Å². The first-order valence-corrected chi connectivity index (χ1v) is 9.91. The van der Waals surface area contributed by atoms with Crippen molar-refractivity contribution in [1.82, 2.24) is 9.62 Å². The predicted molar refractivity (Wildman–Crippen MR) is 85.6 cm³/mol. The smallest absolute Gasteiger partial charge is 0.219 e. The van der Waals surface area contributed by atoms with Gasteiger partial charge in [0.15, 0.2) is 0 Å². The van der Waals surface area contributed by atoms with Crippen LogP contribution in [0.15, 0.2) is 0 Å². The van der Waals surface area contributed by atoms with Gasteiger partial charge < -0.3 is 5.32 Å². The van der Waals surface area contributed by atoms with Gasteiger partial charge in [-0.1, -0.05) is 26.2 Å². The summed E-state index contributed by atoms with van der Waals surface area (Å²) >= 11 is 0. The molecule has 1 aliphatic heterocycles. The Labute approximate surface area is 129 Å². The Hall–Kier alpha value is -0.620. The van der Waals surface area contributed by atoms with E-state index < -0.39 is 10.0 Å². The number of carbonyl (C=O) groups is 1. The molecule has 0 aromatic rings. The lowest BCUT2D eigenvalue weighted by molar-refractivity contribution is -0.121. The minimum absolute atomic E-state index is 0.0430. The number of sulfonamides is 1. The van der Waals surface area contributed by atoms with E-state index in [0.29, 0.717) is 32.4 Å². The number of nitrogens with zero attached hydrogens (tertiary/aromatic N) is 1. The SMILES string of the molecule is CCCCCNC(=O)CCCCS(=O)(=O)N1CCCCC1. The molecule has 0 bridgehead atoms. The summed E-state index contributed by atoms with van der Waals surface area (Å²) in [4.78, 5) is 11.6. The van der Waals surface area contributed by atoms with Crippen molar-refractivity contribution in [1.29, 1.82) is 0 Å². The molecule has 1 heterocycles. The standard InChI is InChI=1S/C15H30N2O3S/c1-2-3-6-11-16-15(18)10-5-9-14-21(19,20)17-12-7-4-8-13-17/h2-14H2,1H3,(H,16,18). The molecule has 0 saturated carbocycles. The van der Waals surface area contributed by atoms with Gasteiger partial charge in [0.25, 0.3) is 0 Å². The van der Waals surface area contributed by atoms with Crippen molar-refractivity contribution in [2.75, 3.05) is 25.4 Å². The van der Waals surface area contributed by atoms with Gasteiger partial charge in [-0.15, -0.1) is 0 Å². The van der Waals surface area contributed by atoms with Crippen molar-refractivity contribution in [2.24, 2.45) is 0 Å². The number of carbonyl (C=O) groups excluding carboxylic acids is 1. The molecule has 21 heavy (non-hydrogen) atoms. The van der Waals surface area contributed by atoms with E-state index in [1.807, 2.05) is 0 Å². The van der Waals surface area contributed by atoms with Crippen LogP contribution >= 0.6 is 0 Å². The van der Waals surface area contributed by atoms with E-state index in [0.717, 1.165) is 45.1 Å². The van der Waals surface area contributed by atoms with Crippen molar-refractivity contribution in [2.45, 2.75) is 64.7 Å². The normalized spacial score (nSPS) is 16.8. The summed E-state index contributed by atoms with van der Waals surface area (Å²) in [7, 11) is -3.10. The van der Waals surface area contributed by atoms with Crippen molar-refractivity contribution < 1.29 is 13.2 Å². The van der Waals surface area contributed by atoms with Gasteiger partial charge in [-0.2, -0.15) is 0 Å². The zero-order valence-electron chi connectivity index (χ0n) is 13.3. The fourth-order valence-corrected chi connectivity index (χ4v) is 4.18. The van der Waals surface area contributed by atoms with Crippen molar-refractivity contribution in [3.63, 3.8) is 0 Å². The van der Waals surface area contributed by atoms with E-state index in [1.165, 1.54) is 0 Å². The van der Waals surface area contributed by atoms with Crippen LogP contribution in [0.2, 0.25) is 0 Å². The molecule has 5 nitrogen and oxygen atoms in total. The Morgan fingerprint density at radius 2 is 1.76 bits per heavy atom. The summed E-state index contributed by atoms with van der Waals surface area (Å²) in [5, 5.41) is 2.88. The molecule has 1 saturated heterocycles. The number of amides is 1. The van der Waals surface area contributed by atoms with Crippen LogP contribution in [0.5, 0.6) is 0 Å². The van der Waals surface area contributed by atoms with Crippen LogP contribution in [-0.4, -0.2) is 44.0 Å². The summed E-state index contributed by atoms with van der Waals surface area (Å²) in [5.41, 5.74) is 0. The molecule has 1 fully saturated rings. The van der Waals surface area contributed by atoms with Crippen LogP contribution < -0.4 is 5.32 Å². The maximum atomic E-state index is 12.1. The molecule has 6 heteroatoms. The Kier molecular flexibility index (Phi) is 8.92. The van der Waals surface area contributed by atoms with Gasteiger partial charge in [-0.05, 0) is 32.1 Å². The third-order valence-corrected chi connectivity index (χ3v) is 5.82. The third-order valence-electron chi connectivity index (χ3n) is 3.87. The predicted octanol–water partition coefficient (Wildman–Crippen LogP) is 2.28. The zero-order valence-corrected chi connectivity index (χ0v) is 14.1. The highest BCUT2D eigenvalue weighted by Crippen LogP contribution is 2.14. The summed E-state index contributed by atoms with van der Waals surface area (Å²) < 4.78 is 25.8. The molecule has 1 N–H and O–H groups in total. The van der Waals surface area contributed by atoms with Gasteiger partial charge in [0.05, 0.1) is 5.75 Å². The van der Waals surface area contributed by atoms with Crippen LogP contribution in [-0.2, 0) is 14.8 Å². The van der Waals surface area contributed by atoms with E-state index in [-0.39, 0.29) is 11.7 Å². The molecule has 0 aromatic carbocycles. The molecular formula is C15H30N2O3S. The molecule has 0 aromatic heterocycles. The van der Waals surface area contributed by atoms with Crippen molar-refractivity contribution in [3.05, 3.63) is 0 Å². The fraction of sp³-hybridized carbons (Fsp3) is 0.933. The van der Waals surface area contributed by atoms with Gasteiger partial charge in [0.2, 0.25) is 15.9 Å². The van der Waals surface area contributed by atoms with Crippen LogP contribution in [0.4, 0.5) is 0 Å². The lowest BCUT2D eigenvalue weighted by Crippen LogP contribution is -2.37. The highest BCUT2D eigenvalue weighted by Gasteiger charge is 2.23. The van der Waals surface area contributed by atoms with Gasteiger partial charge in [-0.3, -0.25) is 4.79 Å². The average molecular weight is 318 g/mol. The summed E-state index contributed by atoms with van der Waals surface area (Å²) in [6, 6.07) is 0. The molecule has 1 aliphatic rings. The number of piperidine rings is 1. The van der Waals surface area contributed by atoms with Crippen molar-refractivity contribution in [3.8, 4) is 0 Å². The van der Waals surface area contributed by atoms with E-state index in [4.69, 9.17) is 0 Å². The lowest BCUT2D eigenvalue weighted by Gasteiger charge is -2.25. The quantitative estimate of drug-likeness (QED) is 0.628. The first-order chi connectivity index (χ1) is 10.1. The van der Waals surface area contributed by atoms with E-state index in [2.05, 4.69) is 12.2 Å². The number of rotatable bonds is 10.